The van der Waals surface area contributed by atoms with Crippen molar-refractivity contribution < 1.29 is 13.9 Å². The van der Waals surface area contributed by atoms with Crippen LogP contribution in [-0.2, 0) is 11.8 Å². The first-order chi connectivity index (χ1) is 16.5. The normalized spacial score (nSPS) is 16.5. The summed E-state index contributed by atoms with van der Waals surface area (Å²) in [4.78, 5) is 22.2. The van der Waals surface area contributed by atoms with Crippen LogP contribution in [0.1, 0.15) is 39.6 Å². The van der Waals surface area contributed by atoms with Gasteiger partial charge in [0.15, 0.2) is 0 Å². The number of fused-ring (bicyclic) bond motifs is 1. The van der Waals surface area contributed by atoms with Crippen LogP contribution in [0.5, 0.6) is 0 Å². The molecule has 1 saturated heterocycles. The number of amides is 1. The lowest BCUT2D eigenvalue weighted by atomic mass is 9.99. The van der Waals surface area contributed by atoms with Gasteiger partial charge in [0, 0.05) is 43.1 Å². The highest BCUT2D eigenvalue weighted by molar-refractivity contribution is 5.95. The van der Waals surface area contributed by atoms with Gasteiger partial charge in [0.25, 0.3) is 5.91 Å². The molecule has 0 unspecified atom stereocenters. The van der Waals surface area contributed by atoms with E-state index < -0.39 is 6.04 Å². The summed E-state index contributed by atoms with van der Waals surface area (Å²) in [5.74, 6) is -0.00617. The minimum Gasteiger partial charge on any atom is -0.379 e. The number of aromatic nitrogens is 4. The summed E-state index contributed by atoms with van der Waals surface area (Å²) in [6, 6.07) is 9.89. The Morgan fingerprint density at radius 2 is 2.09 bits per heavy atom. The first kappa shape index (κ1) is 22.0. The fourth-order valence-corrected chi connectivity index (χ4v) is 4.02. The van der Waals surface area contributed by atoms with Crippen LogP contribution in [0, 0.1) is 12.7 Å². The van der Waals surface area contributed by atoms with E-state index in [1.165, 1.54) is 6.07 Å². The average molecular weight is 461 g/mol. The SMILES string of the molecule is Cc1ccc([C@H](NC(=O)c2ccc3cnc(N[C@@H]4CCOC4)cc3n2)c2cnn(C)c2)cc1F. The van der Waals surface area contributed by atoms with Crippen molar-refractivity contribution in [2.45, 2.75) is 25.4 Å². The van der Waals surface area contributed by atoms with Gasteiger partial charge >= 0.3 is 0 Å². The zero-order valence-electron chi connectivity index (χ0n) is 19.0. The van der Waals surface area contributed by atoms with Crippen LogP contribution in [0.2, 0.25) is 0 Å². The molecule has 8 nitrogen and oxygen atoms in total. The Labute approximate surface area is 196 Å². The molecule has 4 heterocycles. The molecule has 0 spiro atoms. The number of hydrogen-bond acceptors (Lipinski definition) is 6. The molecule has 2 N–H and O–H groups in total. The van der Waals surface area contributed by atoms with Gasteiger partial charge in [0.1, 0.15) is 17.3 Å². The first-order valence-corrected chi connectivity index (χ1v) is 11.1. The number of anilines is 1. The minimum absolute atomic E-state index is 0.214. The average Bonchev–Trinajstić information content (AvgIpc) is 3.50. The number of pyridine rings is 2. The molecule has 34 heavy (non-hydrogen) atoms. The topological polar surface area (TPSA) is 94.0 Å². The number of carbonyl (C=O) groups is 1. The van der Waals surface area contributed by atoms with E-state index in [0.717, 1.165) is 24.0 Å². The third-order valence-electron chi connectivity index (χ3n) is 5.95. The molecule has 174 valence electrons. The molecule has 1 aliphatic heterocycles. The Hall–Kier alpha value is -3.85. The fourth-order valence-electron chi connectivity index (χ4n) is 4.02. The Bertz CT molecular complexity index is 1350. The molecule has 0 bridgehead atoms. The third-order valence-corrected chi connectivity index (χ3v) is 5.95. The van der Waals surface area contributed by atoms with Crippen LogP contribution in [-0.4, -0.2) is 44.9 Å². The fraction of sp³-hybridized carbons (Fsp3) is 0.280. The van der Waals surface area contributed by atoms with E-state index in [1.807, 2.05) is 12.1 Å². The van der Waals surface area contributed by atoms with E-state index >= 15 is 0 Å². The standard InChI is InChI=1S/C25H25FN6O2/c1-15-3-4-16(9-20(15)26)24(18-12-28-32(2)13-18)31-25(33)21-6-5-17-11-27-23(10-22(17)30-21)29-19-7-8-34-14-19/h3-6,9-13,19,24H,7-8,14H2,1-2H3,(H,27,29)(H,31,33)/t19-,24+/m1/s1. The van der Waals surface area contributed by atoms with Crippen molar-refractivity contribution in [1.82, 2.24) is 25.1 Å². The number of aryl methyl sites for hydroxylation is 2. The van der Waals surface area contributed by atoms with Gasteiger partial charge in [-0.2, -0.15) is 5.10 Å². The highest BCUT2D eigenvalue weighted by Crippen LogP contribution is 2.25. The van der Waals surface area contributed by atoms with Gasteiger partial charge in [0.05, 0.1) is 30.4 Å². The molecule has 1 amide bonds. The Balaban J connectivity index is 1.42. The van der Waals surface area contributed by atoms with Gasteiger partial charge in [-0.25, -0.2) is 14.4 Å². The van der Waals surface area contributed by atoms with E-state index in [-0.39, 0.29) is 23.5 Å². The predicted molar refractivity (Wildman–Crippen MR) is 126 cm³/mol. The van der Waals surface area contributed by atoms with Crippen LogP contribution in [0.4, 0.5) is 10.2 Å². The van der Waals surface area contributed by atoms with Crippen molar-refractivity contribution in [2.75, 3.05) is 18.5 Å². The van der Waals surface area contributed by atoms with Crippen LogP contribution >= 0.6 is 0 Å². The maximum absolute atomic E-state index is 14.3. The van der Waals surface area contributed by atoms with E-state index in [2.05, 4.69) is 25.7 Å². The lowest BCUT2D eigenvalue weighted by Gasteiger charge is -2.18. The van der Waals surface area contributed by atoms with Crippen molar-refractivity contribution in [3.63, 3.8) is 0 Å². The Morgan fingerprint density at radius 3 is 2.82 bits per heavy atom. The molecule has 3 aromatic heterocycles. The maximum Gasteiger partial charge on any atom is 0.270 e. The zero-order valence-corrected chi connectivity index (χ0v) is 19.0. The van der Waals surface area contributed by atoms with Crippen molar-refractivity contribution in [3.05, 3.63) is 83.2 Å². The smallest absolute Gasteiger partial charge is 0.270 e. The number of carbonyl (C=O) groups excluding carboxylic acids is 1. The van der Waals surface area contributed by atoms with E-state index in [0.29, 0.717) is 29.1 Å². The first-order valence-electron chi connectivity index (χ1n) is 11.1. The summed E-state index contributed by atoms with van der Waals surface area (Å²) in [6.45, 7) is 3.08. The molecule has 0 radical (unpaired) electrons. The number of halogens is 1. The molecule has 0 aliphatic carbocycles. The summed E-state index contributed by atoms with van der Waals surface area (Å²) in [5, 5.41) is 11.4. The Morgan fingerprint density at radius 1 is 1.21 bits per heavy atom. The number of hydrogen-bond donors (Lipinski definition) is 2. The summed E-state index contributed by atoms with van der Waals surface area (Å²) >= 11 is 0. The van der Waals surface area contributed by atoms with Gasteiger partial charge in [-0.3, -0.25) is 9.48 Å². The van der Waals surface area contributed by atoms with Gasteiger partial charge in [-0.1, -0.05) is 12.1 Å². The number of rotatable bonds is 6. The molecule has 1 aromatic carbocycles. The van der Waals surface area contributed by atoms with Crippen LogP contribution < -0.4 is 10.6 Å². The Kier molecular flexibility index (Phi) is 5.93. The summed E-state index contributed by atoms with van der Waals surface area (Å²) in [7, 11) is 1.79. The minimum atomic E-state index is -0.578. The quantitative estimate of drug-likeness (QED) is 0.457. The van der Waals surface area contributed by atoms with Crippen molar-refractivity contribution >= 4 is 22.6 Å². The third kappa shape index (κ3) is 4.60. The molecule has 4 aromatic rings. The molecule has 0 saturated carbocycles. The van der Waals surface area contributed by atoms with Crippen LogP contribution in [0.25, 0.3) is 10.9 Å². The second-order valence-corrected chi connectivity index (χ2v) is 8.53. The highest BCUT2D eigenvalue weighted by atomic mass is 19.1. The zero-order chi connectivity index (χ0) is 23.7. The second kappa shape index (κ2) is 9.18. The van der Waals surface area contributed by atoms with Crippen molar-refractivity contribution in [2.24, 2.45) is 7.05 Å². The van der Waals surface area contributed by atoms with Gasteiger partial charge in [-0.15, -0.1) is 0 Å². The maximum atomic E-state index is 14.3. The summed E-state index contributed by atoms with van der Waals surface area (Å²) in [5.41, 5.74) is 2.83. The van der Waals surface area contributed by atoms with Gasteiger partial charge in [0.2, 0.25) is 0 Å². The van der Waals surface area contributed by atoms with Gasteiger partial charge < -0.3 is 15.4 Å². The van der Waals surface area contributed by atoms with Crippen molar-refractivity contribution in [3.8, 4) is 0 Å². The monoisotopic (exact) mass is 460 g/mol. The summed E-state index contributed by atoms with van der Waals surface area (Å²) in [6.07, 6.45) is 6.11. The predicted octanol–water partition coefficient (Wildman–Crippen LogP) is 3.53. The molecule has 1 aliphatic rings. The largest absolute Gasteiger partial charge is 0.379 e. The second-order valence-electron chi connectivity index (χ2n) is 8.53. The lowest BCUT2D eigenvalue weighted by molar-refractivity contribution is 0.0938. The van der Waals surface area contributed by atoms with E-state index in [1.54, 1.807) is 55.4 Å². The molecular formula is C25H25FN6O2. The summed E-state index contributed by atoms with van der Waals surface area (Å²) < 4.78 is 21.4. The molecule has 1 fully saturated rings. The number of benzene rings is 1. The molecule has 2 atom stereocenters. The number of nitrogens with zero attached hydrogens (tertiary/aromatic N) is 4. The molecular weight excluding hydrogens is 435 g/mol. The highest BCUT2D eigenvalue weighted by Gasteiger charge is 2.21. The van der Waals surface area contributed by atoms with Crippen LogP contribution in [0.15, 0.2) is 55.0 Å². The van der Waals surface area contributed by atoms with Crippen LogP contribution in [0.3, 0.4) is 0 Å². The lowest BCUT2D eigenvalue weighted by Crippen LogP contribution is -2.30. The van der Waals surface area contributed by atoms with E-state index in [4.69, 9.17) is 4.74 Å². The molecule has 5 rings (SSSR count). The number of ether oxygens (including phenoxy) is 1. The number of nitrogens with one attached hydrogen (secondary N) is 2. The van der Waals surface area contributed by atoms with E-state index in [9.17, 15) is 9.18 Å². The van der Waals surface area contributed by atoms with Crippen molar-refractivity contribution in [1.29, 1.82) is 0 Å². The molecule has 9 heteroatoms. The van der Waals surface area contributed by atoms with Gasteiger partial charge in [-0.05, 0) is 42.7 Å².